The van der Waals surface area contributed by atoms with Crippen molar-refractivity contribution in [3.8, 4) is 0 Å². The summed E-state index contributed by atoms with van der Waals surface area (Å²) in [7, 11) is 0. The van der Waals surface area contributed by atoms with Crippen molar-refractivity contribution >= 4 is 33.1 Å². The van der Waals surface area contributed by atoms with Gasteiger partial charge >= 0.3 is 0 Å². The zero-order valence-corrected chi connectivity index (χ0v) is 13.5. The Morgan fingerprint density at radius 1 is 1.43 bits per heavy atom. The van der Waals surface area contributed by atoms with Gasteiger partial charge in [0.25, 0.3) is 5.91 Å². The maximum Gasteiger partial charge on any atom is 0.263 e. The molecular weight excluding hydrogens is 282 g/mol. The molecule has 1 aliphatic carbocycles. The number of nitrogens with one attached hydrogen (secondary N) is 1. The first-order valence-electron chi connectivity index (χ1n) is 7.42. The second-order valence-electron chi connectivity index (χ2n) is 6.19. The predicted octanol–water partition coefficient (Wildman–Crippen LogP) is 3.41. The molecule has 0 spiro atoms. The summed E-state index contributed by atoms with van der Waals surface area (Å²) < 4.78 is 0. The van der Waals surface area contributed by atoms with Crippen LogP contribution in [0.25, 0.3) is 10.2 Å². The third-order valence-corrected chi connectivity index (χ3v) is 5.36. The quantitative estimate of drug-likeness (QED) is 0.893. The van der Waals surface area contributed by atoms with Crippen LogP contribution in [0, 0.1) is 19.8 Å². The summed E-state index contributed by atoms with van der Waals surface area (Å²) in [6, 6.07) is 2.29. The Morgan fingerprint density at radius 3 is 2.86 bits per heavy atom. The Hall–Kier alpha value is -1.62. The normalized spacial score (nSPS) is 21.9. The number of thiophene rings is 1. The fraction of sp³-hybridized carbons (Fsp3) is 0.500. The SMILES string of the molecule is Cc1cc(C)c2c(N)c(C(=O)NC3CCC(C)C3)sc2n1. The van der Waals surface area contributed by atoms with Crippen molar-refractivity contribution in [2.75, 3.05) is 5.73 Å². The monoisotopic (exact) mass is 303 g/mol. The summed E-state index contributed by atoms with van der Waals surface area (Å²) in [6.45, 7) is 6.21. The molecule has 0 aromatic carbocycles. The van der Waals surface area contributed by atoms with Crippen molar-refractivity contribution in [3.05, 3.63) is 22.2 Å². The lowest BCUT2D eigenvalue weighted by Gasteiger charge is -2.11. The Labute approximate surface area is 128 Å². The molecule has 2 heterocycles. The number of hydrogen-bond donors (Lipinski definition) is 2. The lowest BCUT2D eigenvalue weighted by molar-refractivity contribution is 0.0942. The van der Waals surface area contributed by atoms with E-state index in [-0.39, 0.29) is 11.9 Å². The van der Waals surface area contributed by atoms with Crippen molar-refractivity contribution in [3.63, 3.8) is 0 Å². The zero-order valence-electron chi connectivity index (χ0n) is 12.7. The van der Waals surface area contributed by atoms with Gasteiger partial charge in [0, 0.05) is 17.1 Å². The summed E-state index contributed by atoms with van der Waals surface area (Å²) in [5.41, 5.74) is 8.81. The van der Waals surface area contributed by atoms with Crippen LogP contribution in [-0.2, 0) is 0 Å². The molecule has 1 fully saturated rings. The van der Waals surface area contributed by atoms with Crippen molar-refractivity contribution in [1.82, 2.24) is 10.3 Å². The van der Waals surface area contributed by atoms with E-state index in [1.54, 1.807) is 0 Å². The van der Waals surface area contributed by atoms with Crippen LogP contribution in [0.5, 0.6) is 0 Å². The number of anilines is 1. The number of pyridine rings is 1. The second-order valence-corrected chi connectivity index (χ2v) is 7.19. The largest absolute Gasteiger partial charge is 0.397 e. The fourth-order valence-electron chi connectivity index (χ4n) is 3.23. The molecule has 5 heteroatoms. The van der Waals surface area contributed by atoms with Gasteiger partial charge < -0.3 is 11.1 Å². The second kappa shape index (κ2) is 5.30. The lowest BCUT2D eigenvalue weighted by Crippen LogP contribution is -2.32. The van der Waals surface area contributed by atoms with Crippen LogP contribution < -0.4 is 11.1 Å². The Bertz CT molecular complexity index is 707. The number of carbonyl (C=O) groups excluding carboxylic acids is 1. The number of amides is 1. The molecule has 0 bridgehead atoms. The van der Waals surface area contributed by atoms with Gasteiger partial charge in [-0.3, -0.25) is 4.79 Å². The first-order chi connectivity index (χ1) is 9.95. The Balaban J connectivity index is 1.91. The van der Waals surface area contributed by atoms with E-state index in [1.807, 2.05) is 19.9 Å². The molecule has 3 rings (SSSR count). The summed E-state index contributed by atoms with van der Waals surface area (Å²) >= 11 is 1.40. The van der Waals surface area contributed by atoms with Crippen LogP contribution in [0.1, 0.15) is 47.1 Å². The molecule has 112 valence electrons. The average molecular weight is 303 g/mol. The van der Waals surface area contributed by atoms with Gasteiger partial charge in [-0.05, 0) is 50.7 Å². The first kappa shape index (κ1) is 14.3. The fourth-order valence-corrected chi connectivity index (χ4v) is 4.35. The minimum Gasteiger partial charge on any atom is -0.397 e. The number of hydrogen-bond acceptors (Lipinski definition) is 4. The number of aromatic nitrogens is 1. The van der Waals surface area contributed by atoms with E-state index in [4.69, 9.17) is 5.73 Å². The standard InChI is InChI=1S/C16H21N3OS/c1-8-4-5-11(6-8)19-15(20)14-13(17)12-9(2)7-10(3)18-16(12)21-14/h7-8,11H,4-6,17H2,1-3H3,(H,19,20). The third-order valence-electron chi connectivity index (χ3n) is 4.26. The molecule has 0 saturated heterocycles. The summed E-state index contributed by atoms with van der Waals surface area (Å²) in [6.07, 6.45) is 3.31. The van der Waals surface area contributed by atoms with E-state index in [2.05, 4.69) is 17.2 Å². The minimum absolute atomic E-state index is 0.0494. The molecule has 2 aromatic heterocycles. The van der Waals surface area contributed by atoms with E-state index in [0.29, 0.717) is 16.5 Å². The molecule has 0 aliphatic heterocycles. The molecule has 2 aromatic rings. The van der Waals surface area contributed by atoms with Crippen molar-refractivity contribution in [1.29, 1.82) is 0 Å². The predicted molar refractivity (Wildman–Crippen MR) is 87.8 cm³/mol. The van der Waals surface area contributed by atoms with Crippen molar-refractivity contribution in [2.45, 2.75) is 46.1 Å². The highest BCUT2D eigenvalue weighted by atomic mass is 32.1. The molecule has 2 unspecified atom stereocenters. The van der Waals surface area contributed by atoms with E-state index < -0.39 is 0 Å². The van der Waals surface area contributed by atoms with E-state index in [1.165, 1.54) is 17.8 Å². The first-order valence-corrected chi connectivity index (χ1v) is 8.24. The molecule has 3 N–H and O–H groups in total. The molecular formula is C16H21N3OS. The van der Waals surface area contributed by atoms with Gasteiger partial charge in [0.15, 0.2) is 0 Å². The van der Waals surface area contributed by atoms with Gasteiger partial charge in [-0.2, -0.15) is 0 Å². The molecule has 0 radical (unpaired) electrons. The number of nitrogens with two attached hydrogens (primary N) is 1. The Morgan fingerprint density at radius 2 is 2.19 bits per heavy atom. The van der Waals surface area contributed by atoms with Crippen LogP contribution in [0.2, 0.25) is 0 Å². The van der Waals surface area contributed by atoms with E-state index in [9.17, 15) is 4.79 Å². The minimum atomic E-state index is -0.0494. The number of aryl methyl sites for hydroxylation is 2. The highest BCUT2D eigenvalue weighted by Gasteiger charge is 2.25. The van der Waals surface area contributed by atoms with Crippen molar-refractivity contribution in [2.24, 2.45) is 5.92 Å². The Kier molecular flexibility index (Phi) is 3.61. The van der Waals surface area contributed by atoms with E-state index in [0.717, 1.165) is 34.3 Å². The van der Waals surface area contributed by atoms with Gasteiger partial charge in [0.2, 0.25) is 0 Å². The van der Waals surface area contributed by atoms with Crippen LogP contribution in [-0.4, -0.2) is 16.9 Å². The molecule has 1 amide bonds. The lowest BCUT2D eigenvalue weighted by atomic mass is 10.1. The molecule has 21 heavy (non-hydrogen) atoms. The molecule has 1 aliphatic rings. The van der Waals surface area contributed by atoms with Crippen LogP contribution in [0.3, 0.4) is 0 Å². The third kappa shape index (κ3) is 2.62. The van der Waals surface area contributed by atoms with Gasteiger partial charge in [0.1, 0.15) is 9.71 Å². The number of carbonyl (C=O) groups is 1. The molecule has 2 atom stereocenters. The summed E-state index contributed by atoms with van der Waals surface area (Å²) in [4.78, 5) is 18.4. The highest BCUT2D eigenvalue weighted by molar-refractivity contribution is 7.21. The van der Waals surface area contributed by atoms with Crippen molar-refractivity contribution < 1.29 is 4.79 Å². The number of nitrogen functional groups attached to an aromatic ring is 1. The van der Waals surface area contributed by atoms with Gasteiger partial charge in [0.05, 0.1) is 5.69 Å². The van der Waals surface area contributed by atoms with Crippen LogP contribution in [0.4, 0.5) is 5.69 Å². The maximum atomic E-state index is 12.5. The summed E-state index contributed by atoms with van der Waals surface area (Å²) in [5, 5.41) is 4.05. The number of fused-ring (bicyclic) bond motifs is 1. The average Bonchev–Trinajstić information content (AvgIpc) is 2.93. The molecule has 1 saturated carbocycles. The number of rotatable bonds is 2. The zero-order chi connectivity index (χ0) is 15.1. The van der Waals surface area contributed by atoms with Gasteiger partial charge in [-0.15, -0.1) is 11.3 Å². The van der Waals surface area contributed by atoms with Crippen LogP contribution >= 0.6 is 11.3 Å². The van der Waals surface area contributed by atoms with Gasteiger partial charge in [-0.1, -0.05) is 6.92 Å². The maximum absolute atomic E-state index is 12.5. The smallest absolute Gasteiger partial charge is 0.263 e. The highest BCUT2D eigenvalue weighted by Crippen LogP contribution is 2.35. The molecule has 4 nitrogen and oxygen atoms in total. The number of nitrogens with zero attached hydrogens (tertiary/aromatic N) is 1. The van der Waals surface area contributed by atoms with Crippen LogP contribution in [0.15, 0.2) is 6.07 Å². The summed E-state index contributed by atoms with van der Waals surface area (Å²) in [5.74, 6) is 0.647. The topological polar surface area (TPSA) is 68.0 Å². The van der Waals surface area contributed by atoms with E-state index >= 15 is 0 Å². The van der Waals surface area contributed by atoms with Gasteiger partial charge in [-0.25, -0.2) is 4.98 Å².